The summed E-state index contributed by atoms with van der Waals surface area (Å²) < 4.78 is 74.0. The number of hydrogen-bond donors (Lipinski definition) is 0. The van der Waals surface area contributed by atoms with Gasteiger partial charge in [0.1, 0.15) is 42.7 Å². The summed E-state index contributed by atoms with van der Waals surface area (Å²) in [6.45, 7) is 1.54. The van der Waals surface area contributed by atoms with Gasteiger partial charge < -0.3 is 52.1 Å². The average molecular weight is 923 g/mol. The van der Waals surface area contributed by atoms with Gasteiger partial charge in [-0.2, -0.15) is 0 Å². The van der Waals surface area contributed by atoms with Gasteiger partial charge in [-0.05, 0) is 45.5 Å². The second-order valence-electron chi connectivity index (χ2n) is 17.1. The normalized spacial score (nSPS) is 26.0. The number of fused-ring (bicyclic) bond motifs is 4. The van der Waals surface area contributed by atoms with E-state index in [1.165, 1.54) is 7.11 Å². The monoisotopic (exact) mass is 922 g/mol. The molecule has 0 radical (unpaired) electrons. The molecule has 9 rings (SSSR count). The van der Waals surface area contributed by atoms with E-state index < -0.39 is 67.4 Å². The molecule has 0 N–H and O–H groups in total. The summed E-state index contributed by atoms with van der Waals surface area (Å²) >= 11 is 0. The molecule has 0 aromatic heterocycles. The molecule has 6 aromatic rings. The van der Waals surface area contributed by atoms with Gasteiger partial charge in [0, 0.05) is 7.11 Å². The van der Waals surface area contributed by atoms with E-state index >= 15 is 0 Å². The summed E-state index contributed by atoms with van der Waals surface area (Å²) in [5.74, 6) is -0.577. The van der Waals surface area contributed by atoms with E-state index in [0.717, 1.165) is 33.4 Å². The molecule has 10 atom stereocenters. The summed E-state index contributed by atoms with van der Waals surface area (Å²) in [5.41, 5.74) is 5.89. The van der Waals surface area contributed by atoms with E-state index in [4.69, 9.17) is 52.1 Å². The van der Waals surface area contributed by atoms with Crippen LogP contribution in [0.3, 0.4) is 0 Å². The SMILES string of the molecule is CO[C@H]1O[C@H](COCc2ccccc2)[C@H]2O[C@H]3O[C@H](COCc4ccccc4)[C@@H](OCc4ccccc4)[C@H](OCc4ccccc4)[C@H]3OCc3cccc(c3)C(=O)O[C@@H]2[C@H]1OCc1ccccc1. The topological polar surface area (TPSA) is 119 Å². The fourth-order valence-electron chi connectivity index (χ4n) is 8.73. The molecule has 3 aliphatic heterocycles. The van der Waals surface area contributed by atoms with E-state index in [-0.39, 0.29) is 39.6 Å². The minimum Gasteiger partial charge on any atom is -0.453 e. The average Bonchev–Trinajstić information content (AvgIpc) is 3.39. The highest BCUT2D eigenvalue weighted by atomic mass is 16.8. The van der Waals surface area contributed by atoms with Gasteiger partial charge in [0.15, 0.2) is 18.7 Å². The van der Waals surface area contributed by atoms with E-state index in [1.54, 1.807) is 12.1 Å². The molecule has 2 fully saturated rings. The Balaban J connectivity index is 1.11. The Bertz CT molecular complexity index is 2410. The first-order valence-electron chi connectivity index (χ1n) is 23.2. The van der Waals surface area contributed by atoms with Gasteiger partial charge in [-0.1, -0.05) is 164 Å². The van der Waals surface area contributed by atoms with Gasteiger partial charge in [0.25, 0.3) is 0 Å². The second kappa shape index (κ2) is 24.1. The molecule has 0 unspecified atom stereocenters. The first-order chi connectivity index (χ1) is 33.6. The highest BCUT2D eigenvalue weighted by molar-refractivity contribution is 5.89. The fraction of sp³-hybridized carbons (Fsp3) is 0.339. The van der Waals surface area contributed by atoms with Gasteiger partial charge in [-0.3, -0.25) is 0 Å². The lowest BCUT2D eigenvalue weighted by Crippen LogP contribution is -2.66. The van der Waals surface area contributed by atoms with Gasteiger partial charge in [-0.15, -0.1) is 0 Å². The highest BCUT2D eigenvalue weighted by Gasteiger charge is 2.55. The van der Waals surface area contributed by atoms with Crippen molar-refractivity contribution in [2.45, 2.75) is 101 Å². The molecule has 68 heavy (non-hydrogen) atoms. The molecule has 0 saturated carbocycles. The van der Waals surface area contributed by atoms with Crippen molar-refractivity contribution in [3.63, 3.8) is 0 Å². The van der Waals surface area contributed by atoms with Crippen LogP contribution in [0, 0.1) is 0 Å². The van der Waals surface area contributed by atoms with E-state index in [0.29, 0.717) is 18.8 Å². The maximum absolute atomic E-state index is 14.4. The Hall–Kier alpha value is -5.61. The van der Waals surface area contributed by atoms with Crippen LogP contribution in [0.5, 0.6) is 0 Å². The molecule has 354 valence electrons. The van der Waals surface area contributed by atoms with Crippen LogP contribution in [0.4, 0.5) is 0 Å². The zero-order chi connectivity index (χ0) is 46.3. The minimum atomic E-state index is -1.15. The van der Waals surface area contributed by atoms with Crippen LogP contribution in [-0.2, 0) is 91.7 Å². The number of benzene rings is 6. The largest absolute Gasteiger partial charge is 0.453 e. The van der Waals surface area contributed by atoms with Crippen molar-refractivity contribution in [3.8, 4) is 0 Å². The van der Waals surface area contributed by atoms with Crippen LogP contribution in [0.25, 0.3) is 0 Å². The second-order valence-corrected chi connectivity index (χ2v) is 17.1. The summed E-state index contributed by atoms with van der Waals surface area (Å²) in [6, 6.07) is 56.7. The Morgan fingerprint density at radius 2 is 0.956 bits per heavy atom. The Morgan fingerprint density at radius 1 is 0.471 bits per heavy atom. The zero-order valence-electron chi connectivity index (χ0n) is 38.1. The van der Waals surface area contributed by atoms with Crippen LogP contribution in [0.2, 0.25) is 0 Å². The molecule has 2 bridgehead atoms. The number of esters is 1. The smallest absolute Gasteiger partial charge is 0.338 e. The van der Waals surface area contributed by atoms with Crippen molar-refractivity contribution >= 4 is 5.97 Å². The van der Waals surface area contributed by atoms with Crippen molar-refractivity contribution in [3.05, 3.63) is 215 Å². The third-order valence-electron chi connectivity index (χ3n) is 12.2. The van der Waals surface area contributed by atoms with Crippen LogP contribution in [-0.4, -0.2) is 87.7 Å². The van der Waals surface area contributed by atoms with Crippen LogP contribution >= 0.6 is 0 Å². The lowest BCUT2D eigenvalue weighted by Gasteiger charge is -2.50. The molecule has 3 heterocycles. The zero-order valence-corrected chi connectivity index (χ0v) is 38.1. The summed E-state index contributed by atoms with van der Waals surface area (Å²) in [6.07, 6.45) is -9.25. The molecule has 2 saturated heterocycles. The van der Waals surface area contributed by atoms with Crippen molar-refractivity contribution in [2.24, 2.45) is 0 Å². The summed E-state index contributed by atoms with van der Waals surface area (Å²) in [4.78, 5) is 14.4. The predicted octanol–water partition coefficient (Wildman–Crippen LogP) is 8.78. The van der Waals surface area contributed by atoms with Gasteiger partial charge in [0.2, 0.25) is 0 Å². The Kier molecular flexibility index (Phi) is 16.8. The maximum atomic E-state index is 14.4. The minimum absolute atomic E-state index is 0.0347. The first-order valence-corrected chi connectivity index (χ1v) is 23.2. The highest BCUT2D eigenvalue weighted by Crippen LogP contribution is 2.37. The third kappa shape index (κ3) is 12.5. The van der Waals surface area contributed by atoms with E-state index in [2.05, 4.69) is 0 Å². The lowest BCUT2D eigenvalue weighted by molar-refractivity contribution is -0.372. The molecular weight excluding hydrogens is 865 g/mol. The summed E-state index contributed by atoms with van der Waals surface area (Å²) in [5, 5.41) is 0. The molecule has 12 nitrogen and oxygen atoms in total. The Morgan fingerprint density at radius 3 is 1.49 bits per heavy atom. The molecule has 0 amide bonds. The van der Waals surface area contributed by atoms with Gasteiger partial charge in [0.05, 0.1) is 58.4 Å². The number of ether oxygens (including phenoxy) is 11. The molecule has 12 heteroatoms. The first kappa shape index (κ1) is 47.5. The number of methoxy groups -OCH3 is 1. The molecule has 0 spiro atoms. The van der Waals surface area contributed by atoms with Gasteiger partial charge >= 0.3 is 5.97 Å². The van der Waals surface area contributed by atoms with Crippen molar-refractivity contribution < 1.29 is 56.9 Å². The quantitative estimate of drug-likeness (QED) is 0.0768. The summed E-state index contributed by atoms with van der Waals surface area (Å²) in [7, 11) is 1.53. The third-order valence-corrected chi connectivity index (χ3v) is 12.2. The van der Waals surface area contributed by atoms with Crippen molar-refractivity contribution in [1.82, 2.24) is 0 Å². The molecule has 6 aromatic carbocycles. The lowest BCUT2D eigenvalue weighted by atomic mass is 9.95. The van der Waals surface area contributed by atoms with Crippen LogP contribution in [0.15, 0.2) is 176 Å². The van der Waals surface area contributed by atoms with Gasteiger partial charge in [-0.25, -0.2) is 4.79 Å². The number of carbonyl (C=O) groups excluding carboxylic acids is 1. The van der Waals surface area contributed by atoms with Crippen molar-refractivity contribution in [1.29, 1.82) is 0 Å². The Labute approximate surface area is 397 Å². The number of rotatable bonds is 18. The molecule has 0 aliphatic carbocycles. The van der Waals surface area contributed by atoms with Crippen molar-refractivity contribution in [2.75, 3.05) is 20.3 Å². The molecule has 3 aliphatic rings. The van der Waals surface area contributed by atoms with Crippen LogP contribution < -0.4 is 0 Å². The van der Waals surface area contributed by atoms with Crippen LogP contribution in [0.1, 0.15) is 43.7 Å². The predicted molar refractivity (Wildman–Crippen MR) is 251 cm³/mol. The fourth-order valence-corrected chi connectivity index (χ4v) is 8.73. The van der Waals surface area contributed by atoms with E-state index in [1.807, 2.05) is 164 Å². The number of hydrogen-bond acceptors (Lipinski definition) is 12. The number of carbonyl (C=O) groups is 1. The standard InChI is InChI=1S/C56H58O12/c1-58-55-53(63-35-43-26-15-6-16-27-43)51-49(47(65-55)38-60-32-40-20-9-3-10-21-40)68-56-52(64-36-44-28-17-29-45(30-44)54(57)67-51)50(62-34-42-24-13-5-14-25-42)48(61-33-41-22-11-4-12-23-41)46(66-56)37-59-31-39-18-7-2-8-19-39/h2-30,46-53,55-56H,31-38H2,1H3/t46-,47-,48-,49-,50+,51+,52-,53-,55+,56-/m1/s1. The van der Waals surface area contributed by atoms with E-state index in [9.17, 15) is 4.79 Å². The maximum Gasteiger partial charge on any atom is 0.338 e. The molecular formula is C56H58O12.